The summed E-state index contributed by atoms with van der Waals surface area (Å²) in [4.78, 5) is 0. The van der Waals surface area contributed by atoms with Gasteiger partial charge in [-0.25, -0.2) is 0 Å². The van der Waals surface area contributed by atoms with Crippen LogP contribution < -0.4 is 0 Å². The first-order valence-electron chi connectivity index (χ1n) is 5.03. The number of likely N-dealkylation sites (N-methyl/N-ethyl adjacent to an activating group) is 1. The summed E-state index contributed by atoms with van der Waals surface area (Å²) in [6.07, 6.45) is 0.522. The molecule has 0 aliphatic carbocycles. The number of nitrogens with zero attached hydrogens (tertiary/aromatic N) is 1. The third kappa shape index (κ3) is 1.76. The third-order valence-electron chi connectivity index (χ3n) is 3.25. The third-order valence-corrected chi connectivity index (χ3v) is 3.25. The SMILES string of the molecule is C[N+]1([B-](F)(F)F)CCc2ccccc2C1. The minimum atomic E-state index is -4.81. The first kappa shape index (κ1) is 10.5. The Bertz CT molecular complexity index is 377. The second-order valence-electron chi connectivity index (χ2n) is 4.42. The molecule has 1 unspecified atom stereocenters. The Labute approximate surface area is 87.2 Å². The average molecular weight is 215 g/mol. The van der Waals surface area contributed by atoms with Crippen LogP contribution >= 0.6 is 0 Å². The highest BCUT2D eigenvalue weighted by Crippen LogP contribution is 2.31. The number of quaternary nitrogens is 1. The molecular formula is C10H13BF3N. The molecule has 1 aromatic rings. The van der Waals surface area contributed by atoms with Crippen LogP contribution in [0.4, 0.5) is 12.9 Å². The Morgan fingerprint density at radius 3 is 2.33 bits per heavy atom. The molecule has 0 N–H and O–H groups in total. The van der Waals surface area contributed by atoms with E-state index in [1.54, 1.807) is 12.1 Å². The number of hydrogen-bond acceptors (Lipinski definition) is 0. The van der Waals surface area contributed by atoms with Gasteiger partial charge in [0.25, 0.3) is 0 Å². The Morgan fingerprint density at radius 1 is 1.13 bits per heavy atom. The monoisotopic (exact) mass is 215 g/mol. The lowest BCUT2D eigenvalue weighted by molar-refractivity contribution is -0.846. The smallest absolute Gasteiger partial charge is 0.421 e. The summed E-state index contributed by atoms with van der Waals surface area (Å²) in [5.41, 5.74) is 1.90. The fourth-order valence-corrected chi connectivity index (χ4v) is 2.05. The fraction of sp³-hybridized carbons (Fsp3) is 0.400. The van der Waals surface area contributed by atoms with Crippen LogP contribution in [0.25, 0.3) is 0 Å². The summed E-state index contributed by atoms with van der Waals surface area (Å²) >= 11 is 0. The molecule has 0 spiro atoms. The number of rotatable bonds is 1. The molecule has 1 heterocycles. The topological polar surface area (TPSA) is 0 Å². The van der Waals surface area contributed by atoms with Crippen LogP contribution in [0.2, 0.25) is 0 Å². The van der Waals surface area contributed by atoms with Gasteiger partial charge in [0, 0.05) is 25.6 Å². The molecule has 0 fully saturated rings. The van der Waals surface area contributed by atoms with Gasteiger partial charge in [-0.15, -0.1) is 0 Å². The van der Waals surface area contributed by atoms with Crippen LogP contribution in [0, 0.1) is 0 Å². The van der Waals surface area contributed by atoms with E-state index in [4.69, 9.17) is 0 Å². The van der Waals surface area contributed by atoms with Crippen molar-refractivity contribution in [3.63, 3.8) is 0 Å². The van der Waals surface area contributed by atoms with Crippen molar-refractivity contribution < 1.29 is 17.3 Å². The quantitative estimate of drug-likeness (QED) is 0.631. The zero-order valence-corrected chi connectivity index (χ0v) is 8.59. The van der Waals surface area contributed by atoms with E-state index in [-0.39, 0.29) is 13.1 Å². The van der Waals surface area contributed by atoms with E-state index in [1.165, 1.54) is 7.05 Å². The second kappa shape index (κ2) is 3.27. The highest BCUT2D eigenvalue weighted by atomic mass is 19.4. The van der Waals surface area contributed by atoms with Crippen molar-refractivity contribution in [3.05, 3.63) is 35.4 Å². The lowest BCUT2D eigenvalue weighted by Gasteiger charge is -2.46. The van der Waals surface area contributed by atoms with Crippen LogP contribution in [0.3, 0.4) is 0 Å². The first-order chi connectivity index (χ1) is 6.92. The largest absolute Gasteiger partial charge is 0.733 e. The van der Waals surface area contributed by atoms with E-state index in [0.29, 0.717) is 6.42 Å². The normalized spacial score (nSPS) is 26.1. The molecule has 15 heavy (non-hydrogen) atoms. The van der Waals surface area contributed by atoms with E-state index in [0.717, 1.165) is 11.1 Å². The van der Waals surface area contributed by atoms with Gasteiger partial charge in [0.05, 0.1) is 6.54 Å². The Kier molecular flexibility index (Phi) is 2.30. The molecule has 0 saturated heterocycles. The van der Waals surface area contributed by atoms with Gasteiger partial charge in [-0.2, -0.15) is 0 Å². The standard InChI is InChI=1S/C10H13BF3N/c1-15(11(12,13)14)7-6-9-4-2-3-5-10(9)8-15/h2-5H,6-8H2,1H3. The van der Waals surface area contributed by atoms with Crippen LogP contribution in [0.15, 0.2) is 24.3 Å². The van der Waals surface area contributed by atoms with Gasteiger partial charge in [-0.3, -0.25) is 0 Å². The van der Waals surface area contributed by atoms with Gasteiger partial charge in [-0.1, -0.05) is 24.3 Å². The Morgan fingerprint density at radius 2 is 1.73 bits per heavy atom. The van der Waals surface area contributed by atoms with Gasteiger partial charge in [0.1, 0.15) is 0 Å². The van der Waals surface area contributed by atoms with Crippen molar-refractivity contribution in [2.45, 2.75) is 13.0 Å². The maximum Gasteiger partial charge on any atom is 0.733 e. The minimum absolute atomic E-state index is 0.0830. The zero-order valence-electron chi connectivity index (χ0n) is 8.59. The maximum absolute atomic E-state index is 12.9. The molecule has 1 aliphatic heterocycles. The molecule has 82 valence electrons. The Balaban J connectivity index is 2.33. The Hall–Kier alpha value is -0.965. The summed E-state index contributed by atoms with van der Waals surface area (Å²) in [6.45, 7) is 0.250. The molecule has 0 aromatic heterocycles. The molecule has 1 aliphatic rings. The molecule has 0 radical (unpaired) electrons. The maximum atomic E-state index is 12.9. The molecule has 1 atom stereocenters. The van der Waals surface area contributed by atoms with Crippen molar-refractivity contribution >= 4 is 7.11 Å². The van der Waals surface area contributed by atoms with Gasteiger partial charge in [-0.05, 0) is 5.56 Å². The molecular weight excluding hydrogens is 202 g/mol. The molecule has 2 rings (SSSR count). The predicted molar refractivity (Wildman–Crippen MR) is 54.0 cm³/mol. The van der Waals surface area contributed by atoms with Crippen LogP contribution in [-0.4, -0.2) is 25.1 Å². The molecule has 1 nitrogen and oxygen atoms in total. The number of halogens is 3. The number of fused-ring (bicyclic) bond motifs is 1. The van der Waals surface area contributed by atoms with Crippen LogP contribution in [0.1, 0.15) is 11.1 Å². The summed E-state index contributed by atoms with van der Waals surface area (Å²) in [5, 5.41) is 0. The second-order valence-corrected chi connectivity index (χ2v) is 4.42. The van der Waals surface area contributed by atoms with E-state index >= 15 is 0 Å². The minimum Gasteiger partial charge on any atom is -0.421 e. The van der Waals surface area contributed by atoms with Crippen molar-refractivity contribution in [2.24, 2.45) is 0 Å². The van der Waals surface area contributed by atoms with E-state index in [2.05, 4.69) is 0 Å². The molecule has 0 saturated carbocycles. The number of hydrogen-bond donors (Lipinski definition) is 0. The van der Waals surface area contributed by atoms with E-state index in [9.17, 15) is 12.9 Å². The predicted octanol–water partition coefficient (Wildman–Crippen LogP) is 2.53. The molecule has 0 amide bonds. The highest BCUT2D eigenvalue weighted by Gasteiger charge is 2.50. The van der Waals surface area contributed by atoms with Gasteiger partial charge in [0.2, 0.25) is 0 Å². The lowest BCUT2D eigenvalue weighted by Crippen LogP contribution is -2.60. The summed E-state index contributed by atoms with van der Waals surface area (Å²) in [5.74, 6) is 0. The summed E-state index contributed by atoms with van der Waals surface area (Å²) in [7, 11) is -3.53. The van der Waals surface area contributed by atoms with Gasteiger partial charge >= 0.3 is 7.11 Å². The van der Waals surface area contributed by atoms with E-state index < -0.39 is 11.5 Å². The van der Waals surface area contributed by atoms with Crippen molar-refractivity contribution in [1.29, 1.82) is 0 Å². The molecule has 1 aromatic carbocycles. The lowest BCUT2D eigenvalue weighted by atomic mass is 9.90. The van der Waals surface area contributed by atoms with Crippen molar-refractivity contribution in [3.8, 4) is 0 Å². The van der Waals surface area contributed by atoms with Gasteiger partial charge < -0.3 is 17.3 Å². The molecule has 5 heteroatoms. The highest BCUT2D eigenvalue weighted by molar-refractivity contribution is 6.50. The van der Waals surface area contributed by atoms with Crippen molar-refractivity contribution in [1.82, 2.24) is 0 Å². The van der Waals surface area contributed by atoms with Crippen molar-refractivity contribution in [2.75, 3.05) is 13.6 Å². The average Bonchev–Trinajstić information content (AvgIpc) is 2.16. The van der Waals surface area contributed by atoms with E-state index in [1.807, 2.05) is 12.1 Å². The summed E-state index contributed by atoms with van der Waals surface area (Å²) < 4.78 is 37.8. The zero-order chi connectivity index (χ0) is 11.1. The van der Waals surface area contributed by atoms with Crippen LogP contribution in [0.5, 0.6) is 0 Å². The van der Waals surface area contributed by atoms with Crippen LogP contribution in [-0.2, 0) is 13.0 Å². The molecule has 0 bridgehead atoms. The first-order valence-corrected chi connectivity index (χ1v) is 5.03. The summed E-state index contributed by atoms with van der Waals surface area (Å²) in [6, 6.07) is 7.40. The fourth-order valence-electron chi connectivity index (χ4n) is 2.05. The van der Waals surface area contributed by atoms with Gasteiger partial charge in [0.15, 0.2) is 0 Å². The number of benzene rings is 1.